The minimum atomic E-state index is -0.863. The van der Waals surface area contributed by atoms with Gasteiger partial charge in [0.15, 0.2) is 5.96 Å². The van der Waals surface area contributed by atoms with Gasteiger partial charge in [-0.25, -0.2) is 4.79 Å². The Morgan fingerprint density at radius 1 is 1.00 bits per heavy atom. The van der Waals surface area contributed by atoms with Gasteiger partial charge in [-0.2, -0.15) is 0 Å². The molecule has 0 saturated carbocycles. The van der Waals surface area contributed by atoms with Gasteiger partial charge < -0.3 is 16.2 Å². The average molecular weight is 364 g/mol. The summed E-state index contributed by atoms with van der Waals surface area (Å²) in [6.07, 6.45) is 13.5. The molecule has 0 heterocycles. The highest BCUT2D eigenvalue weighted by Crippen LogP contribution is 2.10. The van der Waals surface area contributed by atoms with Gasteiger partial charge in [0, 0.05) is 6.54 Å². The highest BCUT2D eigenvalue weighted by atomic mass is 16.4. The second-order valence-electron chi connectivity index (χ2n) is 6.64. The number of benzene rings is 1. The van der Waals surface area contributed by atoms with E-state index in [1.54, 1.807) is 25.1 Å². The predicted octanol–water partition coefficient (Wildman–Crippen LogP) is 5.08. The standard InChI is InChI=1S/C13H29N3.C8H8O2/c1-2-3-4-5-6-7-8-9-10-11-12-16-13(14)15;1-6-4-2-3-5-7(6)8(9)10/h2-12H2,1H3,(H4,14,15,16);2-5H,1H3,(H,9,10). The molecule has 5 nitrogen and oxygen atoms in total. The Balaban J connectivity index is 0.000000531. The van der Waals surface area contributed by atoms with Crippen LogP contribution in [0, 0.1) is 12.3 Å². The number of carboxylic acid groups (broad SMARTS) is 1. The molecule has 0 aromatic heterocycles. The molecule has 0 atom stereocenters. The second-order valence-corrected chi connectivity index (χ2v) is 6.64. The highest BCUT2D eigenvalue weighted by Gasteiger charge is 2.02. The molecule has 0 fully saturated rings. The predicted molar refractivity (Wildman–Crippen MR) is 110 cm³/mol. The normalized spacial score (nSPS) is 9.92. The van der Waals surface area contributed by atoms with Crippen molar-refractivity contribution in [3.05, 3.63) is 35.4 Å². The fourth-order valence-corrected chi connectivity index (χ4v) is 2.65. The zero-order chi connectivity index (χ0) is 19.6. The molecule has 1 aromatic carbocycles. The highest BCUT2D eigenvalue weighted by molar-refractivity contribution is 5.89. The Labute approximate surface area is 158 Å². The Morgan fingerprint density at radius 3 is 1.92 bits per heavy atom. The van der Waals surface area contributed by atoms with E-state index in [9.17, 15) is 4.79 Å². The molecule has 148 valence electrons. The van der Waals surface area contributed by atoms with Crippen molar-refractivity contribution in [1.82, 2.24) is 5.32 Å². The van der Waals surface area contributed by atoms with Gasteiger partial charge in [0.25, 0.3) is 0 Å². The zero-order valence-electron chi connectivity index (χ0n) is 16.5. The molecule has 0 unspecified atom stereocenters. The number of aromatic carboxylic acids is 1. The van der Waals surface area contributed by atoms with Gasteiger partial charge >= 0.3 is 5.97 Å². The topological polar surface area (TPSA) is 99.2 Å². The van der Waals surface area contributed by atoms with Crippen molar-refractivity contribution in [3.8, 4) is 0 Å². The van der Waals surface area contributed by atoms with Gasteiger partial charge in [0.05, 0.1) is 5.56 Å². The van der Waals surface area contributed by atoms with Crippen molar-refractivity contribution in [2.24, 2.45) is 5.73 Å². The summed E-state index contributed by atoms with van der Waals surface area (Å²) >= 11 is 0. The Bertz CT molecular complexity index is 504. The van der Waals surface area contributed by atoms with Crippen LogP contribution in [0.2, 0.25) is 0 Å². The third kappa shape index (κ3) is 14.3. The minimum Gasteiger partial charge on any atom is -0.478 e. The van der Waals surface area contributed by atoms with E-state index in [1.165, 1.54) is 57.8 Å². The third-order valence-electron chi connectivity index (χ3n) is 4.22. The van der Waals surface area contributed by atoms with Crippen LogP contribution in [0.4, 0.5) is 0 Å². The first-order valence-electron chi connectivity index (χ1n) is 9.85. The number of aryl methyl sites for hydroxylation is 1. The maximum absolute atomic E-state index is 10.4. The van der Waals surface area contributed by atoms with Crippen LogP contribution >= 0.6 is 0 Å². The largest absolute Gasteiger partial charge is 0.478 e. The van der Waals surface area contributed by atoms with Crippen LogP contribution in [-0.2, 0) is 0 Å². The lowest BCUT2D eigenvalue weighted by molar-refractivity contribution is 0.0696. The Hall–Kier alpha value is -2.04. The lowest BCUT2D eigenvalue weighted by Crippen LogP contribution is -2.30. The molecule has 5 heteroatoms. The van der Waals surface area contributed by atoms with Crippen molar-refractivity contribution in [3.63, 3.8) is 0 Å². The SMILES string of the molecule is CCCCCCCCCCCCNC(=N)N.Cc1ccccc1C(=O)O. The number of hydrogen-bond donors (Lipinski definition) is 4. The summed E-state index contributed by atoms with van der Waals surface area (Å²) in [6.45, 7) is 4.89. The number of unbranched alkanes of at least 4 members (excludes halogenated alkanes) is 9. The molecule has 26 heavy (non-hydrogen) atoms. The van der Waals surface area contributed by atoms with Crippen LogP contribution in [0.1, 0.15) is 87.1 Å². The molecule has 0 aliphatic heterocycles. The van der Waals surface area contributed by atoms with Crippen LogP contribution in [0.5, 0.6) is 0 Å². The summed E-state index contributed by atoms with van der Waals surface area (Å²) in [5.41, 5.74) is 6.36. The van der Waals surface area contributed by atoms with Crippen LogP contribution in [-0.4, -0.2) is 23.6 Å². The molecule has 1 aromatic rings. The molecule has 0 aliphatic rings. The quantitative estimate of drug-likeness (QED) is 0.236. The summed E-state index contributed by atoms with van der Waals surface area (Å²) in [6, 6.07) is 6.92. The molecule has 1 rings (SSSR count). The van der Waals surface area contributed by atoms with E-state index in [2.05, 4.69) is 12.2 Å². The first-order valence-corrected chi connectivity index (χ1v) is 9.85. The second kappa shape index (κ2) is 16.4. The maximum atomic E-state index is 10.4. The van der Waals surface area contributed by atoms with Crippen molar-refractivity contribution in [1.29, 1.82) is 5.41 Å². The van der Waals surface area contributed by atoms with Gasteiger partial charge in [-0.15, -0.1) is 0 Å². The van der Waals surface area contributed by atoms with Crippen molar-refractivity contribution in [2.75, 3.05) is 6.54 Å². The Kier molecular flexibility index (Phi) is 15.1. The molecule has 5 N–H and O–H groups in total. The lowest BCUT2D eigenvalue weighted by Gasteiger charge is -2.03. The summed E-state index contributed by atoms with van der Waals surface area (Å²) in [5, 5.41) is 18.4. The number of rotatable bonds is 12. The van der Waals surface area contributed by atoms with Gasteiger partial charge in [-0.05, 0) is 25.0 Å². The molecule has 0 aliphatic carbocycles. The molecule has 0 saturated heterocycles. The van der Waals surface area contributed by atoms with Gasteiger partial charge in [-0.3, -0.25) is 5.41 Å². The number of nitrogens with one attached hydrogen (secondary N) is 2. The van der Waals surface area contributed by atoms with Crippen molar-refractivity contribution in [2.45, 2.75) is 78.1 Å². The van der Waals surface area contributed by atoms with E-state index in [1.807, 2.05) is 6.07 Å². The molecule has 0 bridgehead atoms. The summed E-state index contributed by atoms with van der Waals surface area (Å²) in [4.78, 5) is 10.4. The van der Waals surface area contributed by atoms with E-state index >= 15 is 0 Å². The zero-order valence-corrected chi connectivity index (χ0v) is 16.5. The van der Waals surface area contributed by atoms with E-state index < -0.39 is 5.97 Å². The summed E-state index contributed by atoms with van der Waals surface area (Å²) in [5.74, 6) is -0.769. The van der Waals surface area contributed by atoms with E-state index in [4.69, 9.17) is 16.2 Å². The average Bonchev–Trinajstić information content (AvgIpc) is 2.60. The maximum Gasteiger partial charge on any atom is 0.335 e. The van der Waals surface area contributed by atoms with E-state index in [-0.39, 0.29) is 5.96 Å². The first-order chi connectivity index (χ1) is 12.5. The van der Waals surface area contributed by atoms with Crippen LogP contribution < -0.4 is 11.1 Å². The molecule has 0 radical (unpaired) electrons. The molecule has 0 amide bonds. The van der Waals surface area contributed by atoms with E-state index in [0.29, 0.717) is 5.56 Å². The number of carboxylic acids is 1. The Morgan fingerprint density at radius 2 is 1.50 bits per heavy atom. The lowest BCUT2D eigenvalue weighted by atomic mass is 10.1. The van der Waals surface area contributed by atoms with Crippen molar-refractivity contribution < 1.29 is 9.90 Å². The van der Waals surface area contributed by atoms with Gasteiger partial charge in [-0.1, -0.05) is 82.9 Å². The third-order valence-corrected chi connectivity index (χ3v) is 4.22. The fraction of sp³-hybridized carbons (Fsp3) is 0.619. The number of hydrogen-bond acceptors (Lipinski definition) is 2. The van der Waals surface area contributed by atoms with Crippen molar-refractivity contribution >= 4 is 11.9 Å². The number of guanidine groups is 1. The smallest absolute Gasteiger partial charge is 0.335 e. The monoisotopic (exact) mass is 363 g/mol. The van der Waals surface area contributed by atoms with Crippen LogP contribution in [0.25, 0.3) is 0 Å². The molecule has 0 spiro atoms. The van der Waals surface area contributed by atoms with Crippen LogP contribution in [0.3, 0.4) is 0 Å². The summed E-state index contributed by atoms with van der Waals surface area (Å²) < 4.78 is 0. The molecular formula is C21H37N3O2. The van der Waals surface area contributed by atoms with Gasteiger partial charge in [0.1, 0.15) is 0 Å². The number of carbonyl (C=O) groups is 1. The van der Waals surface area contributed by atoms with Crippen LogP contribution in [0.15, 0.2) is 24.3 Å². The first kappa shape index (κ1) is 24.0. The fourth-order valence-electron chi connectivity index (χ4n) is 2.65. The van der Waals surface area contributed by atoms with Gasteiger partial charge in [0.2, 0.25) is 0 Å². The number of nitrogens with two attached hydrogens (primary N) is 1. The van der Waals surface area contributed by atoms with E-state index in [0.717, 1.165) is 18.5 Å². The summed E-state index contributed by atoms with van der Waals surface area (Å²) in [7, 11) is 0. The molecular weight excluding hydrogens is 326 g/mol. The minimum absolute atomic E-state index is 0.0934.